The van der Waals surface area contributed by atoms with Crippen molar-refractivity contribution in [3.63, 3.8) is 0 Å². The summed E-state index contributed by atoms with van der Waals surface area (Å²) < 4.78 is 10.8. The summed E-state index contributed by atoms with van der Waals surface area (Å²) >= 11 is 0. The van der Waals surface area contributed by atoms with Crippen LogP contribution in [0.1, 0.15) is 20.9 Å². The molecule has 3 aromatic carbocycles. The Labute approximate surface area is 173 Å². The molecule has 1 aromatic heterocycles. The number of benzene rings is 3. The Hall–Kier alpha value is -4.06. The third kappa shape index (κ3) is 4.67. The van der Waals surface area contributed by atoms with Crippen LogP contribution in [0.4, 0.5) is 5.69 Å². The third-order valence-electron chi connectivity index (χ3n) is 4.53. The molecule has 0 unspecified atom stereocenters. The molecular weight excluding hydrogens is 380 g/mol. The van der Waals surface area contributed by atoms with Crippen molar-refractivity contribution < 1.29 is 18.7 Å². The van der Waals surface area contributed by atoms with E-state index in [1.54, 1.807) is 36.4 Å². The molecule has 0 radical (unpaired) electrons. The van der Waals surface area contributed by atoms with E-state index >= 15 is 0 Å². The van der Waals surface area contributed by atoms with Gasteiger partial charge in [-0.15, -0.1) is 0 Å². The molecule has 4 aromatic rings. The predicted octanol–water partition coefficient (Wildman–Crippen LogP) is 4.49. The van der Waals surface area contributed by atoms with Gasteiger partial charge in [0.1, 0.15) is 12.4 Å². The maximum absolute atomic E-state index is 12.3. The summed E-state index contributed by atoms with van der Waals surface area (Å²) in [6.45, 7) is 0.740. The lowest BCUT2D eigenvalue weighted by Gasteiger charge is -2.09. The largest absolute Gasteiger partial charge is 0.492 e. The van der Waals surface area contributed by atoms with Crippen LogP contribution in [0.5, 0.6) is 5.75 Å². The van der Waals surface area contributed by atoms with Crippen LogP contribution < -0.4 is 15.4 Å². The summed E-state index contributed by atoms with van der Waals surface area (Å²) in [5.41, 5.74) is 1.07. The summed E-state index contributed by atoms with van der Waals surface area (Å²) in [6.07, 6.45) is 1.44. The number of furan rings is 1. The normalized spacial score (nSPS) is 10.5. The first-order chi connectivity index (χ1) is 14.7. The second kappa shape index (κ2) is 8.96. The molecular formula is C24H20N2O4. The van der Waals surface area contributed by atoms with Crippen LogP contribution in [0, 0.1) is 0 Å². The highest BCUT2D eigenvalue weighted by Gasteiger charge is 2.10. The van der Waals surface area contributed by atoms with Crippen LogP contribution in [-0.2, 0) is 0 Å². The molecule has 1 heterocycles. The molecule has 0 aliphatic carbocycles. The van der Waals surface area contributed by atoms with Gasteiger partial charge in [0.15, 0.2) is 5.76 Å². The van der Waals surface area contributed by atoms with Gasteiger partial charge < -0.3 is 19.8 Å². The Balaban J connectivity index is 1.25. The second-order valence-electron chi connectivity index (χ2n) is 6.62. The van der Waals surface area contributed by atoms with Crippen molar-refractivity contribution in [2.45, 2.75) is 0 Å². The molecule has 0 spiro atoms. The van der Waals surface area contributed by atoms with Gasteiger partial charge in [-0.2, -0.15) is 0 Å². The summed E-state index contributed by atoms with van der Waals surface area (Å²) in [5.74, 6) is 0.437. The van der Waals surface area contributed by atoms with Crippen LogP contribution in [0.2, 0.25) is 0 Å². The summed E-state index contributed by atoms with van der Waals surface area (Å²) in [4.78, 5) is 24.2. The van der Waals surface area contributed by atoms with E-state index < -0.39 is 0 Å². The zero-order valence-corrected chi connectivity index (χ0v) is 16.1. The highest BCUT2D eigenvalue weighted by molar-refractivity contribution is 6.02. The highest BCUT2D eigenvalue weighted by atomic mass is 16.5. The first-order valence-electron chi connectivity index (χ1n) is 9.54. The molecule has 0 fully saturated rings. The molecule has 2 N–H and O–H groups in total. The van der Waals surface area contributed by atoms with Crippen LogP contribution in [0.25, 0.3) is 10.8 Å². The Bertz CT molecular complexity index is 1150. The molecule has 0 bridgehead atoms. The average Bonchev–Trinajstić information content (AvgIpc) is 3.32. The number of hydrogen-bond donors (Lipinski definition) is 2. The minimum Gasteiger partial charge on any atom is -0.492 e. The zero-order valence-electron chi connectivity index (χ0n) is 16.1. The van der Waals surface area contributed by atoms with E-state index in [2.05, 4.69) is 10.6 Å². The molecule has 150 valence electrons. The Morgan fingerprint density at radius 3 is 2.40 bits per heavy atom. The number of fused-ring (bicyclic) bond motifs is 1. The monoisotopic (exact) mass is 400 g/mol. The minimum atomic E-state index is -0.344. The van der Waals surface area contributed by atoms with E-state index in [1.807, 2.05) is 42.5 Å². The van der Waals surface area contributed by atoms with Gasteiger partial charge in [0.25, 0.3) is 11.8 Å². The lowest BCUT2D eigenvalue weighted by molar-refractivity contribution is 0.0946. The third-order valence-corrected chi connectivity index (χ3v) is 4.53. The van der Waals surface area contributed by atoms with Crippen LogP contribution >= 0.6 is 0 Å². The minimum absolute atomic E-state index is 0.207. The first kappa shape index (κ1) is 19.3. The molecule has 0 saturated carbocycles. The molecule has 0 atom stereocenters. The number of hydrogen-bond acceptors (Lipinski definition) is 4. The second-order valence-corrected chi connectivity index (χ2v) is 6.62. The van der Waals surface area contributed by atoms with Gasteiger partial charge in [0.2, 0.25) is 0 Å². The number of rotatable bonds is 7. The number of amides is 2. The molecule has 0 aliphatic rings. The Kier molecular flexibility index (Phi) is 5.75. The summed E-state index contributed by atoms with van der Waals surface area (Å²) in [7, 11) is 0. The van der Waals surface area contributed by atoms with E-state index in [9.17, 15) is 9.59 Å². The Morgan fingerprint density at radius 1 is 0.833 bits per heavy atom. The number of carbonyl (C=O) groups is 2. The summed E-state index contributed by atoms with van der Waals surface area (Å²) in [5, 5.41) is 7.80. The maximum atomic E-state index is 12.3. The van der Waals surface area contributed by atoms with E-state index in [-0.39, 0.29) is 17.6 Å². The van der Waals surface area contributed by atoms with Crippen LogP contribution in [-0.4, -0.2) is 25.0 Å². The van der Waals surface area contributed by atoms with Crippen LogP contribution in [0.15, 0.2) is 89.5 Å². The van der Waals surface area contributed by atoms with Gasteiger partial charge in [-0.05, 0) is 59.3 Å². The standard InChI is InChI=1S/C24H20N2O4/c27-23(18-7-10-20(11-8-18)26-24(28)22-6-3-14-30-22)25-13-15-29-21-12-9-17-4-1-2-5-19(17)16-21/h1-12,14,16H,13,15H2,(H,25,27)(H,26,28). The zero-order chi connectivity index (χ0) is 20.8. The van der Waals surface area contributed by atoms with Crippen molar-refractivity contribution in [2.24, 2.45) is 0 Å². The SMILES string of the molecule is O=C(NCCOc1ccc2ccccc2c1)c1ccc(NC(=O)c2ccco2)cc1. The molecule has 0 aliphatic heterocycles. The quantitative estimate of drug-likeness (QED) is 0.448. The predicted molar refractivity (Wildman–Crippen MR) is 115 cm³/mol. The van der Waals surface area contributed by atoms with Crippen molar-refractivity contribution in [1.29, 1.82) is 0 Å². The van der Waals surface area contributed by atoms with Crippen LogP contribution in [0.3, 0.4) is 0 Å². The average molecular weight is 400 g/mol. The Morgan fingerprint density at radius 2 is 1.63 bits per heavy atom. The van der Waals surface area contributed by atoms with Gasteiger partial charge in [-0.3, -0.25) is 9.59 Å². The van der Waals surface area contributed by atoms with E-state index in [0.717, 1.165) is 16.5 Å². The fourth-order valence-electron chi connectivity index (χ4n) is 3.00. The maximum Gasteiger partial charge on any atom is 0.291 e. The smallest absolute Gasteiger partial charge is 0.291 e. The van der Waals surface area contributed by atoms with Gasteiger partial charge in [0, 0.05) is 11.3 Å². The van der Waals surface area contributed by atoms with Gasteiger partial charge in [-0.25, -0.2) is 0 Å². The highest BCUT2D eigenvalue weighted by Crippen LogP contribution is 2.20. The van der Waals surface area contributed by atoms with Crippen molar-refractivity contribution in [3.05, 3.63) is 96.4 Å². The molecule has 6 nitrogen and oxygen atoms in total. The topological polar surface area (TPSA) is 80.6 Å². The molecule has 30 heavy (non-hydrogen) atoms. The lowest BCUT2D eigenvalue weighted by Crippen LogP contribution is -2.28. The van der Waals surface area contributed by atoms with Gasteiger partial charge in [0.05, 0.1) is 12.8 Å². The summed E-state index contributed by atoms with van der Waals surface area (Å²) in [6, 6.07) is 23.8. The number of carbonyl (C=O) groups excluding carboxylic acids is 2. The fraction of sp³-hybridized carbons (Fsp3) is 0.0833. The van der Waals surface area contributed by atoms with E-state index in [4.69, 9.17) is 9.15 Å². The first-order valence-corrected chi connectivity index (χ1v) is 9.54. The lowest BCUT2D eigenvalue weighted by atomic mass is 10.1. The van der Waals surface area contributed by atoms with Crippen molar-refractivity contribution in [1.82, 2.24) is 5.32 Å². The van der Waals surface area contributed by atoms with Crippen molar-refractivity contribution >= 4 is 28.3 Å². The fourth-order valence-corrected chi connectivity index (χ4v) is 3.00. The molecule has 6 heteroatoms. The van der Waals surface area contributed by atoms with E-state index in [0.29, 0.717) is 24.4 Å². The van der Waals surface area contributed by atoms with Gasteiger partial charge >= 0.3 is 0 Å². The van der Waals surface area contributed by atoms with Gasteiger partial charge in [-0.1, -0.05) is 30.3 Å². The molecule has 0 saturated heterocycles. The number of anilines is 1. The molecule has 4 rings (SSSR count). The van der Waals surface area contributed by atoms with Crippen molar-refractivity contribution in [2.75, 3.05) is 18.5 Å². The van der Waals surface area contributed by atoms with E-state index in [1.165, 1.54) is 6.26 Å². The molecule has 2 amide bonds. The number of nitrogens with one attached hydrogen (secondary N) is 2. The number of ether oxygens (including phenoxy) is 1. The van der Waals surface area contributed by atoms with Crippen molar-refractivity contribution in [3.8, 4) is 5.75 Å².